The van der Waals surface area contributed by atoms with E-state index >= 15 is 0 Å². The molecule has 1 amide bonds. The van der Waals surface area contributed by atoms with E-state index in [2.05, 4.69) is 15.0 Å². The van der Waals surface area contributed by atoms with E-state index in [1.807, 2.05) is 12.1 Å². The Morgan fingerprint density at radius 3 is 3.13 bits per heavy atom. The number of fused-ring (bicyclic) bond motifs is 1. The Morgan fingerprint density at radius 2 is 2.29 bits per heavy atom. The lowest BCUT2D eigenvalue weighted by molar-refractivity contribution is 0.0589. The fourth-order valence-electron chi connectivity index (χ4n) is 4.21. The summed E-state index contributed by atoms with van der Waals surface area (Å²) in [6, 6.07) is 5.53. The first kappa shape index (κ1) is 20.2. The van der Waals surface area contributed by atoms with Gasteiger partial charge in [0.15, 0.2) is 11.6 Å². The highest BCUT2D eigenvalue weighted by Gasteiger charge is 2.31. The molecule has 4 heterocycles. The van der Waals surface area contributed by atoms with Crippen LogP contribution < -0.4 is 0 Å². The highest BCUT2D eigenvalue weighted by molar-refractivity contribution is 6.31. The van der Waals surface area contributed by atoms with E-state index in [1.54, 1.807) is 17.2 Å². The highest BCUT2D eigenvalue weighted by Crippen LogP contribution is 2.30. The number of halogens is 2. The first-order valence-corrected chi connectivity index (χ1v) is 10.8. The molecule has 0 unspecified atom stereocenters. The van der Waals surface area contributed by atoms with Crippen LogP contribution in [0.4, 0.5) is 9.18 Å². The van der Waals surface area contributed by atoms with Crippen LogP contribution in [0, 0.1) is 11.7 Å². The summed E-state index contributed by atoms with van der Waals surface area (Å²) in [6.07, 6.45) is 4.46. The number of aromatic nitrogens is 3. The number of nitrogens with zero attached hydrogens (tertiary/aromatic N) is 3. The standard InChI is InChI=1S/C22H22ClFN4O3/c23-14-1-2-19-16(8-14)17(9-25-19)21-26-10-18(24)20(27-21)7-13-3-5-28(11-13)22(29)31-15-4-6-30-12-15/h1-2,8-10,13,15,25H,3-7,11-12H2/t13-,15-/m0/s1. The van der Waals surface area contributed by atoms with E-state index in [9.17, 15) is 9.18 Å². The van der Waals surface area contributed by atoms with E-state index in [-0.39, 0.29) is 18.1 Å². The molecule has 7 nitrogen and oxygen atoms in total. The van der Waals surface area contributed by atoms with Gasteiger partial charge in [-0.15, -0.1) is 0 Å². The highest BCUT2D eigenvalue weighted by atomic mass is 35.5. The molecule has 162 valence electrons. The van der Waals surface area contributed by atoms with Gasteiger partial charge in [-0.1, -0.05) is 11.6 Å². The summed E-state index contributed by atoms with van der Waals surface area (Å²) in [4.78, 5) is 25.9. The van der Waals surface area contributed by atoms with Crippen molar-refractivity contribution in [1.29, 1.82) is 0 Å². The van der Waals surface area contributed by atoms with Crippen molar-refractivity contribution in [1.82, 2.24) is 19.9 Å². The lowest BCUT2D eigenvalue weighted by atomic mass is 10.0. The summed E-state index contributed by atoms with van der Waals surface area (Å²) < 4.78 is 25.2. The van der Waals surface area contributed by atoms with Crippen molar-refractivity contribution in [2.45, 2.75) is 25.4 Å². The number of nitrogens with one attached hydrogen (secondary N) is 1. The van der Waals surface area contributed by atoms with Crippen molar-refractivity contribution in [2.24, 2.45) is 5.92 Å². The number of H-pyrrole nitrogens is 1. The molecule has 9 heteroatoms. The van der Waals surface area contributed by atoms with E-state index in [0.29, 0.717) is 49.3 Å². The van der Waals surface area contributed by atoms with Crippen LogP contribution in [-0.4, -0.2) is 58.4 Å². The van der Waals surface area contributed by atoms with Crippen molar-refractivity contribution in [3.05, 3.63) is 47.1 Å². The fourth-order valence-corrected chi connectivity index (χ4v) is 4.39. The van der Waals surface area contributed by atoms with Gasteiger partial charge in [0.1, 0.15) is 6.10 Å². The van der Waals surface area contributed by atoms with Gasteiger partial charge in [-0.25, -0.2) is 19.2 Å². The molecule has 2 aliphatic rings. The first-order valence-electron chi connectivity index (χ1n) is 10.4. The van der Waals surface area contributed by atoms with Gasteiger partial charge in [-0.2, -0.15) is 0 Å². The maximum atomic E-state index is 14.5. The fraction of sp³-hybridized carbons (Fsp3) is 0.409. The number of aromatic amines is 1. The van der Waals surface area contributed by atoms with Gasteiger partial charge in [0.2, 0.25) is 0 Å². The van der Waals surface area contributed by atoms with E-state index < -0.39 is 5.82 Å². The minimum Gasteiger partial charge on any atom is -0.444 e. The number of hydrogen-bond acceptors (Lipinski definition) is 5. The first-order chi connectivity index (χ1) is 15.1. The maximum absolute atomic E-state index is 14.5. The van der Waals surface area contributed by atoms with Gasteiger partial charge in [0, 0.05) is 47.2 Å². The SMILES string of the molecule is O=C(O[C@H]1CCOC1)N1CC[C@@H](Cc2nc(-c3c[nH]c4ccc(Cl)cc34)ncc2F)C1. The average Bonchev–Trinajstić information content (AvgIpc) is 3.50. The van der Waals surface area contributed by atoms with Gasteiger partial charge >= 0.3 is 6.09 Å². The average molecular weight is 445 g/mol. The number of carbonyl (C=O) groups excluding carboxylic acids is 1. The van der Waals surface area contributed by atoms with Gasteiger partial charge in [0.25, 0.3) is 0 Å². The van der Waals surface area contributed by atoms with E-state index in [4.69, 9.17) is 21.1 Å². The second-order valence-electron chi connectivity index (χ2n) is 8.05. The second-order valence-corrected chi connectivity index (χ2v) is 8.49. The molecule has 3 aromatic rings. The molecule has 0 bridgehead atoms. The summed E-state index contributed by atoms with van der Waals surface area (Å²) in [6.45, 7) is 2.20. The smallest absolute Gasteiger partial charge is 0.410 e. The molecule has 5 rings (SSSR count). The summed E-state index contributed by atoms with van der Waals surface area (Å²) >= 11 is 6.13. The molecule has 0 spiro atoms. The number of likely N-dealkylation sites (tertiary alicyclic amines) is 1. The van der Waals surface area contributed by atoms with Gasteiger partial charge in [-0.05, 0) is 37.0 Å². The zero-order valence-corrected chi connectivity index (χ0v) is 17.6. The summed E-state index contributed by atoms with van der Waals surface area (Å²) in [5, 5.41) is 1.49. The lowest BCUT2D eigenvalue weighted by Gasteiger charge is -2.19. The molecule has 1 aromatic carbocycles. The van der Waals surface area contributed by atoms with Crippen LogP contribution >= 0.6 is 11.6 Å². The quantitative estimate of drug-likeness (QED) is 0.652. The maximum Gasteiger partial charge on any atom is 0.410 e. The summed E-state index contributed by atoms with van der Waals surface area (Å²) in [5.41, 5.74) is 2.03. The predicted octanol–water partition coefficient (Wildman–Crippen LogP) is 4.21. The van der Waals surface area contributed by atoms with Gasteiger partial charge in [0.05, 0.1) is 25.1 Å². The number of ether oxygens (including phenoxy) is 2. The number of benzene rings is 1. The zero-order valence-electron chi connectivity index (χ0n) is 16.8. The van der Waals surface area contributed by atoms with Crippen molar-refractivity contribution in [3.8, 4) is 11.4 Å². The predicted molar refractivity (Wildman–Crippen MR) is 113 cm³/mol. The van der Waals surface area contributed by atoms with Crippen LogP contribution in [0.15, 0.2) is 30.6 Å². The minimum absolute atomic E-state index is 0.113. The molecule has 31 heavy (non-hydrogen) atoms. The molecule has 2 aliphatic heterocycles. The van der Waals surface area contributed by atoms with E-state index in [1.165, 1.54) is 6.20 Å². The van der Waals surface area contributed by atoms with Crippen LogP contribution in [0.25, 0.3) is 22.3 Å². The minimum atomic E-state index is -0.439. The molecule has 2 saturated heterocycles. The van der Waals surface area contributed by atoms with Crippen molar-refractivity contribution < 1.29 is 18.7 Å². The Morgan fingerprint density at radius 1 is 1.39 bits per heavy atom. The third-order valence-electron chi connectivity index (χ3n) is 5.88. The molecular formula is C22H22ClFN4O3. The molecule has 0 aliphatic carbocycles. The second kappa shape index (κ2) is 8.43. The Balaban J connectivity index is 1.30. The molecule has 1 N–H and O–H groups in total. The third kappa shape index (κ3) is 4.22. The number of hydrogen-bond donors (Lipinski definition) is 1. The van der Waals surface area contributed by atoms with Crippen LogP contribution in [0.2, 0.25) is 5.02 Å². The van der Waals surface area contributed by atoms with Crippen molar-refractivity contribution in [3.63, 3.8) is 0 Å². The molecule has 0 radical (unpaired) electrons. The van der Waals surface area contributed by atoms with Crippen LogP contribution in [0.1, 0.15) is 18.5 Å². The summed E-state index contributed by atoms with van der Waals surface area (Å²) in [5.74, 6) is 0.119. The largest absolute Gasteiger partial charge is 0.444 e. The Hall–Kier alpha value is -2.71. The van der Waals surface area contributed by atoms with Crippen molar-refractivity contribution in [2.75, 3.05) is 26.3 Å². The topological polar surface area (TPSA) is 80.3 Å². The third-order valence-corrected chi connectivity index (χ3v) is 6.12. The lowest BCUT2D eigenvalue weighted by Crippen LogP contribution is -2.33. The van der Waals surface area contributed by atoms with Gasteiger partial charge < -0.3 is 19.4 Å². The molecule has 2 fully saturated rings. The molecule has 2 atom stereocenters. The normalized spacial score (nSPS) is 21.2. The molecule has 2 aromatic heterocycles. The Labute approximate surface area is 183 Å². The Bertz CT molecular complexity index is 1120. The number of rotatable bonds is 4. The van der Waals surface area contributed by atoms with Crippen molar-refractivity contribution >= 4 is 28.6 Å². The van der Waals surface area contributed by atoms with Crippen LogP contribution in [-0.2, 0) is 15.9 Å². The number of amides is 1. The van der Waals surface area contributed by atoms with Crippen LogP contribution in [0.5, 0.6) is 0 Å². The van der Waals surface area contributed by atoms with Crippen LogP contribution in [0.3, 0.4) is 0 Å². The number of carbonyl (C=O) groups is 1. The Kier molecular flexibility index (Phi) is 5.50. The zero-order chi connectivity index (χ0) is 21.4. The monoisotopic (exact) mass is 444 g/mol. The van der Waals surface area contributed by atoms with Gasteiger partial charge in [-0.3, -0.25) is 0 Å². The molecule has 0 saturated carbocycles. The summed E-state index contributed by atoms with van der Waals surface area (Å²) in [7, 11) is 0. The molecular weight excluding hydrogens is 423 g/mol. The van der Waals surface area contributed by atoms with E-state index in [0.717, 1.165) is 29.3 Å².